The number of aliphatic imine (C=N–C) groups is 1. The van der Waals surface area contributed by atoms with Crippen molar-refractivity contribution in [1.29, 1.82) is 0 Å². The molecular formula is C7H12F3GaN2. The van der Waals surface area contributed by atoms with Gasteiger partial charge in [-0.2, -0.15) is 0 Å². The molecule has 0 aliphatic rings. The molecule has 0 heterocycles. The van der Waals surface area contributed by atoms with Crippen molar-refractivity contribution < 1.29 is 13.2 Å². The fourth-order valence-electron chi connectivity index (χ4n) is 0.755. The summed E-state index contributed by atoms with van der Waals surface area (Å²) in [6.45, 7) is 4.33. The van der Waals surface area contributed by atoms with Crippen molar-refractivity contribution in [2.75, 3.05) is 6.54 Å². The van der Waals surface area contributed by atoms with Crippen LogP contribution in [0, 0.1) is 0 Å². The zero-order valence-electron chi connectivity index (χ0n) is 7.89. The fraction of sp³-hybridized carbons (Fsp3) is 0.857. The molecule has 0 saturated carbocycles. The molecule has 0 saturated heterocycles. The number of alkyl halides is 3. The Morgan fingerprint density at radius 2 is 1.92 bits per heavy atom. The van der Waals surface area contributed by atoms with Crippen molar-refractivity contribution in [1.82, 2.24) is 3.61 Å². The number of amidine groups is 1. The third-order valence-electron chi connectivity index (χ3n) is 1.21. The van der Waals surface area contributed by atoms with Crippen LogP contribution < -0.4 is 0 Å². The fourth-order valence-corrected chi connectivity index (χ4v) is 1.33. The molecule has 0 amide bonds. The van der Waals surface area contributed by atoms with Crippen LogP contribution in [0.2, 0.25) is 0 Å². The van der Waals surface area contributed by atoms with Gasteiger partial charge in [-0.05, 0) is 0 Å². The van der Waals surface area contributed by atoms with Crippen LogP contribution in [0.3, 0.4) is 0 Å². The summed E-state index contributed by atoms with van der Waals surface area (Å²) >= 11 is 0.915. The molecule has 0 spiro atoms. The molecule has 2 radical (unpaired) electrons. The quantitative estimate of drug-likeness (QED) is 0.414. The molecule has 13 heavy (non-hydrogen) atoms. The van der Waals surface area contributed by atoms with Gasteiger partial charge in [0, 0.05) is 0 Å². The van der Waals surface area contributed by atoms with Crippen LogP contribution in [0.25, 0.3) is 0 Å². The molecule has 2 nitrogen and oxygen atoms in total. The van der Waals surface area contributed by atoms with Gasteiger partial charge in [-0.15, -0.1) is 0 Å². The first kappa shape index (κ1) is 12.9. The molecule has 0 unspecified atom stereocenters. The van der Waals surface area contributed by atoms with Crippen molar-refractivity contribution in [2.24, 2.45) is 4.99 Å². The standard InChI is InChI=1S/C7H12F3N2.Ga/c1-5(2)12-6(3)11-4-7(8,9)10;/h5H,4H2,1-3H3;/q-1;+1. The Labute approximate surface area is 86.4 Å². The van der Waals surface area contributed by atoms with Gasteiger partial charge in [0.2, 0.25) is 0 Å². The summed E-state index contributed by atoms with van der Waals surface area (Å²) in [4.78, 5) is 4.02. The summed E-state index contributed by atoms with van der Waals surface area (Å²) in [6.07, 6.45) is -4.15. The van der Waals surface area contributed by atoms with Crippen molar-refractivity contribution in [2.45, 2.75) is 33.0 Å². The van der Waals surface area contributed by atoms with Crippen LogP contribution >= 0.6 is 0 Å². The number of hydrogen-bond donors (Lipinski definition) is 0. The zero-order valence-corrected chi connectivity index (χ0v) is 10.3. The second-order valence-electron chi connectivity index (χ2n) is 3.01. The summed E-state index contributed by atoms with van der Waals surface area (Å²) in [5.74, 6) is 0.437. The SMILES string of the molecule is CC(=NC(C)C)[N]([Ga])CC(F)(F)F. The van der Waals surface area contributed by atoms with E-state index in [1.807, 2.05) is 13.8 Å². The molecule has 0 aliphatic heterocycles. The normalized spacial score (nSPS) is 13.6. The number of hydrogen-bond acceptors (Lipinski definition) is 1. The average molecular weight is 251 g/mol. The molecule has 6 heteroatoms. The Hall–Kier alpha value is -0.104. The Morgan fingerprint density at radius 3 is 2.23 bits per heavy atom. The Kier molecular flexibility index (Phi) is 4.91. The van der Waals surface area contributed by atoms with E-state index in [1.54, 1.807) is 6.92 Å². The number of rotatable bonds is 2. The van der Waals surface area contributed by atoms with Gasteiger partial charge in [0.1, 0.15) is 0 Å². The van der Waals surface area contributed by atoms with E-state index in [0.29, 0.717) is 5.84 Å². The Bertz CT molecular complexity index is 189. The summed E-state index contributed by atoms with van der Waals surface area (Å²) in [5.41, 5.74) is 0. The first-order valence-electron chi connectivity index (χ1n) is 3.86. The maximum absolute atomic E-state index is 11.9. The van der Waals surface area contributed by atoms with Gasteiger partial charge < -0.3 is 0 Å². The molecule has 74 valence electrons. The summed E-state index contributed by atoms with van der Waals surface area (Å²) < 4.78 is 36.9. The average Bonchev–Trinajstić information content (AvgIpc) is 1.81. The van der Waals surface area contributed by atoms with Gasteiger partial charge in [0.15, 0.2) is 0 Å². The van der Waals surface area contributed by atoms with Gasteiger partial charge in [0.25, 0.3) is 0 Å². The first-order chi connectivity index (χ1) is 5.72. The van der Waals surface area contributed by atoms with Gasteiger partial charge in [-0.1, -0.05) is 0 Å². The third-order valence-corrected chi connectivity index (χ3v) is 2.38. The van der Waals surface area contributed by atoms with Crippen LogP contribution in [0.5, 0.6) is 0 Å². The van der Waals surface area contributed by atoms with Crippen LogP contribution in [-0.4, -0.2) is 47.0 Å². The molecule has 0 aromatic rings. The number of halogens is 3. The van der Waals surface area contributed by atoms with Gasteiger partial charge in [-0.25, -0.2) is 0 Å². The van der Waals surface area contributed by atoms with Crippen molar-refractivity contribution in [3.05, 3.63) is 0 Å². The second-order valence-corrected chi connectivity index (χ2v) is 4.32. The van der Waals surface area contributed by atoms with Crippen LogP contribution in [0.15, 0.2) is 4.99 Å². The van der Waals surface area contributed by atoms with E-state index in [-0.39, 0.29) is 6.04 Å². The number of nitrogens with zero attached hydrogens (tertiary/aromatic N) is 2. The maximum atomic E-state index is 11.9. The van der Waals surface area contributed by atoms with E-state index in [2.05, 4.69) is 4.99 Å². The molecule has 0 bridgehead atoms. The topological polar surface area (TPSA) is 15.6 Å². The predicted octanol–water partition coefficient (Wildman–Crippen LogP) is 1.76. The molecule has 0 fully saturated rings. The van der Waals surface area contributed by atoms with E-state index in [0.717, 1.165) is 22.4 Å². The van der Waals surface area contributed by atoms with Gasteiger partial charge in [0.05, 0.1) is 0 Å². The van der Waals surface area contributed by atoms with E-state index >= 15 is 0 Å². The molecule has 0 atom stereocenters. The molecular weight excluding hydrogens is 239 g/mol. The first-order valence-corrected chi connectivity index (χ1v) is 4.94. The van der Waals surface area contributed by atoms with E-state index in [4.69, 9.17) is 0 Å². The van der Waals surface area contributed by atoms with Crippen molar-refractivity contribution in [3.8, 4) is 0 Å². The van der Waals surface area contributed by atoms with Crippen molar-refractivity contribution in [3.63, 3.8) is 0 Å². The van der Waals surface area contributed by atoms with Gasteiger partial charge >= 0.3 is 86.0 Å². The van der Waals surface area contributed by atoms with E-state index in [1.165, 1.54) is 0 Å². The Morgan fingerprint density at radius 1 is 1.46 bits per heavy atom. The summed E-state index contributed by atoms with van der Waals surface area (Å²) in [5, 5.41) is 0. The van der Waals surface area contributed by atoms with Crippen LogP contribution in [0.1, 0.15) is 20.8 Å². The molecule has 0 aromatic carbocycles. The third kappa shape index (κ3) is 7.01. The van der Waals surface area contributed by atoms with Crippen LogP contribution in [-0.2, 0) is 0 Å². The van der Waals surface area contributed by atoms with Crippen molar-refractivity contribution >= 4 is 24.7 Å². The van der Waals surface area contributed by atoms with E-state index < -0.39 is 12.7 Å². The molecule has 0 aromatic heterocycles. The second kappa shape index (κ2) is 4.95. The van der Waals surface area contributed by atoms with Gasteiger partial charge in [-0.3, -0.25) is 0 Å². The Balaban J connectivity index is 4.19. The summed E-state index contributed by atoms with van der Waals surface area (Å²) in [6, 6.07) is 0.0338. The summed E-state index contributed by atoms with van der Waals surface area (Å²) in [7, 11) is 0. The molecule has 0 rings (SSSR count). The molecule has 0 N–H and O–H groups in total. The minimum atomic E-state index is -4.15. The van der Waals surface area contributed by atoms with Crippen LogP contribution in [0.4, 0.5) is 13.2 Å². The molecule has 0 aliphatic carbocycles. The minimum absolute atomic E-state index is 0.0338. The van der Waals surface area contributed by atoms with E-state index in [9.17, 15) is 13.2 Å². The predicted molar refractivity (Wildman–Crippen MR) is 46.8 cm³/mol. The monoisotopic (exact) mass is 250 g/mol. The zero-order chi connectivity index (χ0) is 10.6.